The summed E-state index contributed by atoms with van der Waals surface area (Å²) in [4.78, 5) is 26.8. The molecule has 1 N–H and O–H groups in total. The van der Waals surface area contributed by atoms with E-state index in [0.717, 1.165) is 28.4 Å². The van der Waals surface area contributed by atoms with E-state index < -0.39 is 0 Å². The zero-order chi connectivity index (χ0) is 17.8. The summed E-state index contributed by atoms with van der Waals surface area (Å²) in [6.45, 7) is 3.31. The lowest BCUT2D eigenvalue weighted by Gasteiger charge is -2.32. The Bertz CT molecular complexity index is 783. The van der Waals surface area contributed by atoms with Gasteiger partial charge in [-0.25, -0.2) is 0 Å². The number of halogens is 1. The number of benzene rings is 2. The zero-order valence-corrected chi connectivity index (χ0v) is 15.8. The minimum Gasteiger partial charge on any atom is -0.349 e. The number of carbonyl (C=O) groups is 2. The van der Waals surface area contributed by atoms with Crippen LogP contribution in [0.2, 0.25) is 0 Å². The molecule has 0 bridgehead atoms. The molecule has 0 unspecified atom stereocenters. The molecular weight excluding hydrogens is 380 g/mol. The number of nitrogens with one attached hydrogen (secondary N) is 1. The summed E-state index contributed by atoms with van der Waals surface area (Å²) < 4.78 is 0.791. The normalized spacial score (nSPS) is 15.0. The number of hydrogen-bond donors (Lipinski definition) is 1. The first-order valence-corrected chi connectivity index (χ1v) is 9.25. The quantitative estimate of drug-likeness (QED) is 0.851. The van der Waals surface area contributed by atoms with Crippen molar-refractivity contribution in [2.75, 3.05) is 13.1 Å². The van der Waals surface area contributed by atoms with Crippen molar-refractivity contribution < 1.29 is 9.59 Å². The van der Waals surface area contributed by atoms with Crippen LogP contribution in [0.3, 0.4) is 0 Å². The fraction of sp³-hybridized carbons (Fsp3) is 0.300. The highest BCUT2D eigenvalue weighted by Gasteiger charge is 2.25. The largest absolute Gasteiger partial charge is 0.349 e. The number of piperidine rings is 1. The number of aryl methyl sites for hydroxylation is 1. The van der Waals surface area contributed by atoms with E-state index in [1.807, 2.05) is 54.3 Å². The molecule has 0 saturated carbocycles. The van der Waals surface area contributed by atoms with E-state index in [2.05, 4.69) is 21.2 Å². The van der Waals surface area contributed by atoms with Gasteiger partial charge in [0.25, 0.3) is 11.8 Å². The Balaban J connectivity index is 1.56. The van der Waals surface area contributed by atoms with Gasteiger partial charge in [0.2, 0.25) is 0 Å². The molecule has 2 amide bonds. The molecule has 0 aromatic heterocycles. The van der Waals surface area contributed by atoms with E-state index in [1.54, 1.807) is 6.07 Å². The second-order valence-electron chi connectivity index (χ2n) is 6.39. The Morgan fingerprint density at radius 3 is 2.48 bits per heavy atom. The average molecular weight is 401 g/mol. The number of hydrogen-bond acceptors (Lipinski definition) is 2. The van der Waals surface area contributed by atoms with Gasteiger partial charge >= 0.3 is 0 Å². The van der Waals surface area contributed by atoms with E-state index >= 15 is 0 Å². The van der Waals surface area contributed by atoms with E-state index in [0.29, 0.717) is 18.7 Å². The average Bonchev–Trinajstić information content (AvgIpc) is 2.62. The van der Waals surface area contributed by atoms with Crippen molar-refractivity contribution in [3.63, 3.8) is 0 Å². The third-order valence-electron chi connectivity index (χ3n) is 4.50. The smallest absolute Gasteiger partial charge is 0.253 e. The Kier molecular flexibility index (Phi) is 5.53. The van der Waals surface area contributed by atoms with E-state index in [-0.39, 0.29) is 17.9 Å². The molecule has 4 nitrogen and oxygen atoms in total. The van der Waals surface area contributed by atoms with Crippen molar-refractivity contribution >= 4 is 27.7 Å². The van der Waals surface area contributed by atoms with E-state index in [4.69, 9.17) is 0 Å². The molecule has 1 aliphatic heterocycles. The molecule has 0 spiro atoms. The standard InChI is InChI=1S/C20H21BrN2O2/c1-14-5-4-6-15(13-14)20(25)23-11-9-16(10-12-23)22-19(24)17-7-2-3-8-18(17)21/h2-8,13,16H,9-12H2,1H3,(H,22,24). The molecule has 1 aliphatic rings. The summed E-state index contributed by atoms with van der Waals surface area (Å²) in [7, 11) is 0. The van der Waals surface area contributed by atoms with Gasteiger partial charge in [0.15, 0.2) is 0 Å². The molecular formula is C20H21BrN2O2. The van der Waals surface area contributed by atoms with Gasteiger partial charge in [0.1, 0.15) is 0 Å². The van der Waals surface area contributed by atoms with Crippen molar-refractivity contribution in [3.8, 4) is 0 Å². The van der Waals surface area contributed by atoms with Crippen molar-refractivity contribution in [2.45, 2.75) is 25.8 Å². The fourth-order valence-electron chi connectivity index (χ4n) is 3.10. The van der Waals surface area contributed by atoms with Crippen LogP contribution in [0.25, 0.3) is 0 Å². The number of nitrogens with zero attached hydrogens (tertiary/aromatic N) is 1. The predicted molar refractivity (Wildman–Crippen MR) is 102 cm³/mol. The van der Waals surface area contributed by atoms with Gasteiger partial charge in [0, 0.05) is 29.2 Å². The maximum absolute atomic E-state index is 12.6. The van der Waals surface area contributed by atoms with Crippen LogP contribution in [0.15, 0.2) is 53.0 Å². The molecule has 5 heteroatoms. The van der Waals surface area contributed by atoms with Crippen LogP contribution in [0.4, 0.5) is 0 Å². The minimum atomic E-state index is -0.0732. The maximum atomic E-state index is 12.6. The number of amides is 2. The number of likely N-dealkylation sites (tertiary alicyclic amines) is 1. The van der Waals surface area contributed by atoms with Gasteiger partial charge in [-0.05, 0) is 60.0 Å². The van der Waals surface area contributed by atoms with Crippen molar-refractivity contribution in [1.82, 2.24) is 10.2 Å². The highest BCUT2D eigenvalue weighted by atomic mass is 79.9. The van der Waals surface area contributed by atoms with Crippen LogP contribution in [0, 0.1) is 6.92 Å². The number of rotatable bonds is 3. The fourth-order valence-corrected chi connectivity index (χ4v) is 3.56. The molecule has 0 atom stereocenters. The highest BCUT2D eigenvalue weighted by molar-refractivity contribution is 9.10. The van der Waals surface area contributed by atoms with Crippen molar-refractivity contribution in [3.05, 3.63) is 69.7 Å². The molecule has 0 radical (unpaired) electrons. The van der Waals surface area contributed by atoms with Gasteiger partial charge in [-0.3, -0.25) is 9.59 Å². The molecule has 0 aliphatic carbocycles. The van der Waals surface area contributed by atoms with Crippen LogP contribution in [-0.2, 0) is 0 Å². The molecule has 1 fully saturated rings. The second kappa shape index (κ2) is 7.83. The van der Waals surface area contributed by atoms with Crippen LogP contribution >= 0.6 is 15.9 Å². The van der Waals surface area contributed by atoms with Crippen LogP contribution < -0.4 is 5.32 Å². The van der Waals surface area contributed by atoms with Crippen molar-refractivity contribution in [2.24, 2.45) is 0 Å². The lowest BCUT2D eigenvalue weighted by Crippen LogP contribution is -2.46. The summed E-state index contributed by atoms with van der Waals surface area (Å²) in [6, 6.07) is 15.2. The first-order chi connectivity index (χ1) is 12.0. The molecule has 25 heavy (non-hydrogen) atoms. The van der Waals surface area contributed by atoms with Crippen molar-refractivity contribution in [1.29, 1.82) is 0 Å². The topological polar surface area (TPSA) is 49.4 Å². The van der Waals surface area contributed by atoms with Gasteiger partial charge in [-0.1, -0.05) is 29.8 Å². The molecule has 3 rings (SSSR count). The first-order valence-electron chi connectivity index (χ1n) is 8.46. The summed E-state index contributed by atoms with van der Waals surface area (Å²) in [5.41, 5.74) is 2.46. The minimum absolute atomic E-state index is 0.0688. The lowest BCUT2D eigenvalue weighted by molar-refractivity contribution is 0.0698. The third-order valence-corrected chi connectivity index (χ3v) is 5.19. The molecule has 1 saturated heterocycles. The van der Waals surface area contributed by atoms with Gasteiger partial charge < -0.3 is 10.2 Å². The lowest BCUT2D eigenvalue weighted by atomic mass is 10.0. The van der Waals surface area contributed by atoms with E-state index in [1.165, 1.54) is 0 Å². The van der Waals surface area contributed by atoms with Crippen LogP contribution in [-0.4, -0.2) is 35.8 Å². The number of carbonyl (C=O) groups excluding carboxylic acids is 2. The summed E-state index contributed by atoms with van der Waals surface area (Å²) in [6.07, 6.45) is 1.54. The molecule has 130 valence electrons. The second-order valence-corrected chi connectivity index (χ2v) is 7.24. The molecule has 1 heterocycles. The SMILES string of the molecule is Cc1cccc(C(=O)N2CCC(NC(=O)c3ccccc3Br)CC2)c1. The Morgan fingerprint density at radius 1 is 1.08 bits per heavy atom. The summed E-state index contributed by atoms with van der Waals surface area (Å²) in [5.74, 6) is -0.00443. The monoisotopic (exact) mass is 400 g/mol. The third kappa shape index (κ3) is 4.28. The zero-order valence-electron chi connectivity index (χ0n) is 14.2. The maximum Gasteiger partial charge on any atom is 0.253 e. The summed E-state index contributed by atoms with van der Waals surface area (Å²) >= 11 is 3.41. The molecule has 2 aromatic carbocycles. The molecule has 2 aromatic rings. The summed E-state index contributed by atoms with van der Waals surface area (Å²) in [5, 5.41) is 3.08. The predicted octanol–water partition coefficient (Wildman–Crippen LogP) is 3.79. The first kappa shape index (κ1) is 17.7. The van der Waals surface area contributed by atoms with E-state index in [9.17, 15) is 9.59 Å². The highest BCUT2D eigenvalue weighted by Crippen LogP contribution is 2.18. The van der Waals surface area contributed by atoms with Gasteiger partial charge in [-0.15, -0.1) is 0 Å². The Morgan fingerprint density at radius 2 is 1.80 bits per heavy atom. The Labute approximate surface area is 156 Å². The van der Waals surface area contributed by atoms with Crippen LogP contribution in [0.5, 0.6) is 0 Å². The Hall–Kier alpha value is -2.14. The van der Waals surface area contributed by atoms with Gasteiger partial charge in [0.05, 0.1) is 5.56 Å². The van der Waals surface area contributed by atoms with Gasteiger partial charge in [-0.2, -0.15) is 0 Å². The van der Waals surface area contributed by atoms with Crippen LogP contribution in [0.1, 0.15) is 39.1 Å².